The number of alkyl halides is 5. The monoisotopic (exact) mass is 296 g/mol. The smallest absolute Gasteiger partial charge is 0.366 e. The summed E-state index contributed by atoms with van der Waals surface area (Å²) in [5, 5.41) is 1.46. The predicted molar refractivity (Wildman–Crippen MR) is 59.3 cm³/mol. The lowest BCUT2D eigenvalue weighted by Gasteiger charge is -2.19. The Kier molecular flexibility index (Phi) is 4.02. The van der Waals surface area contributed by atoms with Crippen molar-refractivity contribution in [2.24, 2.45) is 5.73 Å². The minimum Gasteiger partial charge on any atom is -0.366 e. The van der Waals surface area contributed by atoms with E-state index in [1.165, 1.54) is 12.2 Å². The summed E-state index contributed by atoms with van der Waals surface area (Å²) in [4.78, 5) is 21.8. The van der Waals surface area contributed by atoms with Gasteiger partial charge in [-0.15, -0.1) is 0 Å². The Labute approximate surface area is 109 Å². The van der Waals surface area contributed by atoms with Crippen molar-refractivity contribution in [3.05, 3.63) is 29.3 Å². The van der Waals surface area contributed by atoms with Gasteiger partial charge in [0.05, 0.1) is 0 Å². The van der Waals surface area contributed by atoms with Crippen LogP contribution in [0.2, 0.25) is 0 Å². The SMILES string of the molecule is Cc1cc(C(N)=O)ccc1NC(=O)C(F)(F)C(F)(F)F. The Hall–Kier alpha value is -2.19. The summed E-state index contributed by atoms with van der Waals surface area (Å²) in [5.74, 6) is -8.81. The number of anilines is 1. The molecule has 1 aromatic rings. The van der Waals surface area contributed by atoms with Gasteiger partial charge in [-0.05, 0) is 30.7 Å². The summed E-state index contributed by atoms with van der Waals surface area (Å²) in [6, 6.07) is 3.26. The van der Waals surface area contributed by atoms with Crippen molar-refractivity contribution in [2.75, 3.05) is 5.32 Å². The van der Waals surface area contributed by atoms with Gasteiger partial charge < -0.3 is 11.1 Å². The van der Waals surface area contributed by atoms with Gasteiger partial charge in [-0.1, -0.05) is 0 Å². The van der Waals surface area contributed by atoms with E-state index in [0.29, 0.717) is 0 Å². The zero-order chi connectivity index (χ0) is 15.7. The zero-order valence-electron chi connectivity index (χ0n) is 10.0. The Morgan fingerprint density at radius 2 is 1.70 bits per heavy atom. The van der Waals surface area contributed by atoms with Crippen LogP contribution in [0, 0.1) is 6.92 Å². The second kappa shape index (κ2) is 5.06. The van der Waals surface area contributed by atoms with Crippen LogP contribution in [0.1, 0.15) is 15.9 Å². The molecule has 0 saturated carbocycles. The van der Waals surface area contributed by atoms with Gasteiger partial charge in [-0.2, -0.15) is 22.0 Å². The van der Waals surface area contributed by atoms with E-state index in [1.54, 1.807) is 0 Å². The molecule has 0 aliphatic carbocycles. The number of benzene rings is 1. The van der Waals surface area contributed by atoms with Gasteiger partial charge >= 0.3 is 18.0 Å². The number of primary amides is 1. The first-order chi connectivity index (χ1) is 8.96. The Morgan fingerprint density at radius 1 is 1.15 bits per heavy atom. The van der Waals surface area contributed by atoms with E-state index in [0.717, 1.165) is 18.2 Å². The van der Waals surface area contributed by atoms with Gasteiger partial charge in [-0.25, -0.2) is 0 Å². The average molecular weight is 296 g/mol. The van der Waals surface area contributed by atoms with Gasteiger partial charge in [0.1, 0.15) is 0 Å². The van der Waals surface area contributed by atoms with Crippen LogP contribution >= 0.6 is 0 Å². The molecular weight excluding hydrogens is 287 g/mol. The van der Waals surface area contributed by atoms with Crippen molar-refractivity contribution in [1.82, 2.24) is 0 Å². The maximum absolute atomic E-state index is 12.7. The molecule has 4 nitrogen and oxygen atoms in total. The van der Waals surface area contributed by atoms with Crippen LogP contribution in [0.3, 0.4) is 0 Å². The number of rotatable bonds is 3. The molecule has 0 saturated heterocycles. The fraction of sp³-hybridized carbons (Fsp3) is 0.273. The third-order valence-electron chi connectivity index (χ3n) is 2.40. The van der Waals surface area contributed by atoms with Crippen molar-refractivity contribution in [1.29, 1.82) is 0 Å². The maximum atomic E-state index is 12.7. The summed E-state index contributed by atoms with van der Waals surface area (Å²) in [6.45, 7) is 1.31. The van der Waals surface area contributed by atoms with Gasteiger partial charge in [0.25, 0.3) is 0 Å². The Balaban J connectivity index is 3.00. The summed E-state index contributed by atoms with van der Waals surface area (Å²) in [5.41, 5.74) is 4.84. The molecule has 0 radical (unpaired) electrons. The molecule has 0 unspecified atom stereocenters. The van der Waals surface area contributed by atoms with Crippen LogP contribution in [0.5, 0.6) is 0 Å². The first-order valence-electron chi connectivity index (χ1n) is 5.13. The number of aryl methyl sites for hydroxylation is 1. The highest BCUT2D eigenvalue weighted by molar-refractivity contribution is 5.98. The number of nitrogens with one attached hydrogen (secondary N) is 1. The Bertz CT molecular complexity index is 554. The predicted octanol–water partition coefficient (Wildman–Crippen LogP) is 2.23. The molecule has 0 aromatic heterocycles. The third kappa shape index (κ3) is 3.03. The van der Waals surface area contributed by atoms with Crippen molar-refractivity contribution < 1.29 is 31.5 Å². The first-order valence-corrected chi connectivity index (χ1v) is 5.13. The number of halogens is 5. The molecule has 0 aliphatic rings. The molecule has 9 heteroatoms. The van der Waals surface area contributed by atoms with Gasteiger partial charge in [0.15, 0.2) is 0 Å². The lowest BCUT2D eigenvalue weighted by molar-refractivity contribution is -0.267. The van der Waals surface area contributed by atoms with E-state index in [9.17, 15) is 31.5 Å². The number of hydrogen-bond donors (Lipinski definition) is 2. The maximum Gasteiger partial charge on any atom is 0.463 e. The van der Waals surface area contributed by atoms with E-state index >= 15 is 0 Å². The summed E-state index contributed by atoms with van der Waals surface area (Å²) >= 11 is 0. The van der Waals surface area contributed by atoms with Crippen LogP contribution in [0.25, 0.3) is 0 Å². The molecule has 20 heavy (non-hydrogen) atoms. The van der Waals surface area contributed by atoms with E-state index in [-0.39, 0.29) is 16.8 Å². The molecule has 0 aliphatic heterocycles. The van der Waals surface area contributed by atoms with Crippen molar-refractivity contribution in [3.8, 4) is 0 Å². The average Bonchev–Trinajstić information content (AvgIpc) is 2.29. The molecular formula is C11H9F5N2O2. The van der Waals surface area contributed by atoms with Crippen LogP contribution in [0.4, 0.5) is 27.6 Å². The van der Waals surface area contributed by atoms with Gasteiger partial charge in [0, 0.05) is 11.3 Å². The molecule has 110 valence electrons. The van der Waals surface area contributed by atoms with Crippen molar-refractivity contribution in [2.45, 2.75) is 19.0 Å². The highest BCUT2D eigenvalue weighted by atomic mass is 19.4. The second-order valence-electron chi connectivity index (χ2n) is 3.92. The lowest BCUT2D eigenvalue weighted by atomic mass is 10.1. The minimum absolute atomic E-state index is 0.0306. The highest BCUT2D eigenvalue weighted by Crippen LogP contribution is 2.36. The number of hydrogen-bond acceptors (Lipinski definition) is 2. The summed E-state index contributed by atoms with van der Waals surface area (Å²) in [7, 11) is 0. The normalized spacial score (nSPS) is 12.1. The molecule has 3 N–H and O–H groups in total. The van der Waals surface area contributed by atoms with E-state index in [2.05, 4.69) is 0 Å². The van der Waals surface area contributed by atoms with Gasteiger partial charge in [-0.3, -0.25) is 9.59 Å². The summed E-state index contributed by atoms with van der Waals surface area (Å²) in [6.07, 6.45) is -5.99. The molecule has 1 aromatic carbocycles. The van der Waals surface area contributed by atoms with Crippen LogP contribution in [0.15, 0.2) is 18.2 Å². The topological polar surface area (TPSA) is 72.2 Å². The van der Waals surface area contributed by atoms with Crippen LogP contribution in [-0.2, 0) is 4.79 Å². The molecule has 0 fully saturated rings. The Morgan fingerprint density at radius 3 is 2.10 bits per heavy atom. The lowest BCUT2D eigenvalue weighted by Crippen LogP contribution is -2.47. The number of amides is 2. The van der Waals surface area contributed by atoms with E-state index in [1.807, 2.05) is 0 Å². The van der Waals surface area contributed by atoms with Crippen molar-refractivity contribution >= 4 is 17.5 Å². The molecule has 0 atom stereocenters. The third-order valence-corrected chi connectivity index (χ3v) is 2.40. The number of nitrogens with two attached hydrogens (primary N) is 1. The largest absolute Gasteiger partial charge is 0.463 e. The van der Waals surface area contributed by atoms with Crippen LogP contribution < -0.4 is 11.1 Å². The zero-order valence-corrected chi connectivity index (χ0v) is 10.0. The molecule has 2 amide bonds. The number of carbonyl (C=O) groups is 2. The molecule has 0 heterocycles. The van der Waals surface area contributed by atoms with E-state index in [4.69, 9.17) is 5.73 Å². The van der Waals surface area contributed by atoms with Crippen LogP contribution in [-0.4, -0.2) is 23.9 Å². The van der Waals surface area contributed by atoms with Crippen molar-refractivity contribution in [3.63, 3.8) is 0 Å². The second-order valence-corrected chi connectivity index (χ2v) is 3.92. The number of carbonyl (C=O) groups excluding carboxylic acids is 2. The fourth-order valence-corrected chi connectivity index (χ4v) is 1.29. The molecule has 0 spiro atoms. The summed E-state index contributed by atoms with van der Waals surface area (Å²) < 4.78 is 61.4. The minimum atomic E-state index is -5.99. The quantitative estimate of drug-likeness (QED) is 0.840. The first kappa shape index (κ1) is 15.9. The van der Waals surface area contributed by atoms with Gasteiger partial charge in [0.2, 0.25) is 5.91 Å². The molecule has 0 bridgehead atoms. The van der Waals surface area contributed by atoms with E-state index < -0.39 is 23.9 Å². The molecule has 1 rings (SSSR count). The highest BCUT2D eigenvalue weighted by Gasteiger charge is 2.63. The standard InChI is InChI=1S/C11H9F5N2O2/c1-5-4-6(8(17)19)2-3-7(5)18-9(20)10(12,13)11(14,15)16/h2-4H,1H3,(H2,17,19)(H,18,20). The fourth-order valence-electron chi connectivity index (χ4n) is 1.29.